The van der Waals surface area contributed by atoms with E-state index in [1.54, 1.807) is 0 Å². The minimum Gasteiger partial charge on any atom is -0.425 e. The van der Waals surface area contributed by atoms with Crippen LogP contribution in [-0.2, 0) is 23.8 Å². The third kappa shape index (κ3) is 4.89. The maximum atomic E-state index is 14.6. The molecule has 0 spiro atoms. The molecule has 1 aromatic carbocycles. The van der Waals surface area contributed by atoms with Crippen LogP contribution in [0.3, 0.4) is 0 Å². The Morgan fingerprint density at radius 1 is 1.19 bits per heavy atom. The van der Waals surface area contributed by atoms with Crippen LogP contribution >= 0.6 is 34.8 Å². The number of aromatic nitrogens is 1. The van der Waals surface area contributed by atoms with Crippen molar-refractivity contribution in [1.29, 1.82) is 0 Å². The Balaban J connectivity index is 2.79. The molecule has 3 nitrogen and oxygen atoms in total. The molecule has 0 fully saturated rings. The smallest absolute Gasteiger partial charge is 0.425 e. The van der Waals surface area contributed by atoms with Gasteiger partial charge in [-0.15, -0.1) is 23.2 Å². The normalized spacial score (nSPS) is 11.7. The summed E-state index contributed by atoms with van der Waals surface area (Å²) >= 11 is 17.2. The summed E-state index contributed by atoms with van der Waals surface area (Å²) < 4.78 is 59.9. The van der Waals surface area contributed by atoms with Crippen LogP contribution in [0.15, 0.2) is 12.1 Å². The van der Waals surface area contributed by atoms with Crippen LogP contribution in [0.25, 0.3) is 11.1 Å². The van der Waals surface area contributed by atoms with Gasteiger partial charge in [0.1, 0.15) is 17.3 Å². The molecule has 10 heteroatoms. The van der Waals surface area contributed by atoms with Gasteiger partial charge < -0.3 is 9.72 Å². The Bertz CT molecular complexity index is 850. The summed E-state index contributed by atoms with van der Waals surface area (Å²) in [5.74, 6) is -1.84. The number of halogens is 7. The maximum Gasteiger partial charge on any atom is 0.431 e. The number of carbonyl (C=O) groups is 1. The van der Waals surface area contributed by atoms with Crippen molar-refractivity contribution >= 4 is 40.8 Å². The van der Waals surface area contributed by atoms with E-state index in [0.29, 0.717) is 0 Å². The number of esters is 1. The minimum atomic E-state index is -4.69. The molecule has 2 aromatic rings. The molecule has 0 atom stereocenters. The molecule has 1 aromatic heterocycles. The van der Waals surface area contributed by atoms with Crippen LogP contribution < -0.4 is 4.74 Å². The number of aryl methyl sites for hydroxylation is 1. The first-order valence-electron chi connectivity index (χ1n) is 7.70. The second-order valence-electron chi connectivity index (χ2n) is 5.56. The van der Waals surface area contributed by atoms with E-state index in [-0.39, 0.29) is 57.8 Å². The summed E-state index contributed by atoms with van der Waals surface area (Å²) in [5.41, 5.74) is -1.30. The van der Waals surface area contributed by atoms with Gasteiger partial charge in [0.25, 0.3) is 0 Å². The first kappa shape index (κ1) is 21.9. The van der Waals surface area contributed by atoms with Crippen molar-refractivity contribution in [3.63, 3.8) is 0 Å². The van der Waals surface area contributed by atoms with Gasteiger partial charge in [-0.05, 0) is 24.1 Å². The lowest BCUT2D eigenvalue weighted by atomic mass is 9.96. The van der Waals surface area contributed by atoms with Crippen molar-refractivity contribution in [2.45, 2.75) is 25.9 Å². The average Bonchev–Trinajstić information content (AvgIpc) is 2.89. The van der Waals surface area contributed by atoms with Gasteiger partial charge in [-0.3, -0.25) is 4.79 Å². The standard InChI is InChI=1S/C17H14Cl3F4NO2/c1-8(26)27-14-6-10(12(21)7-11(14)20)15-9(2-4-18)16(17(22,23)24)25-13(15)3-5-19/h6-7,25H,2-5H2,1H3. The predicted octanol–water partition coefficient (Wildman–Crippen LogP) is 5.98. The Morgan fingerprint density at radius 2 is 1.81 bits per heavy atom. The number of rotatable bonds is 6. The number of hydrogen-bond donors (Lipinski definition) is 1. The molecule has 0 aliphatic rings. The summed E-state index contributed by atoms with van der Waals surface area (Å²) in [4.78, 5) is 13.5. The summed E-state index contributed by atoms with van der Waals surface area (Å²) in [6.07, 6.45) is -4.81. The zero-order valence-corrected chi connectivity index (χ0v) is 16.2. The zero-order chi connectivity index (χ0) is 20.4. The van der Waals surface area contributed by atoms with E-state index in [9.17, 15) is 22.4 Å². The maximum absolute atomic E-state index is 14.6. The van der Waals surface area contributed by atoms with Crippen molar-refractivity contribution in [1.82, 2.24) is 4.98 Å². The fourth-order valence-electron chi connectivity index (χ4n) is 2.74. The van der Waals surface area contributed by atoms with Crippen molar-refractivity contribution in [3.8, 4) is 16.9 Å². The highest BCUT2D eigenvalue weighted by molar-refractivity contribution is 6.32. The monoisotopic (exact) mass is 445 g/mol. The van der Waals surface area contributed by atoms with Gasteiger partial charge in [0.2, 0.25) is 0 Å². The fraction of sp³-hybridized carbons (Fsp3) is 0.353. The number of alkyl halides is 5. The molecular weight excluding hydrogens is 433 g/mol. The molecule has 0 amide bonds. The van der Waals surface area contributed by atoms with Gasteiger partial charge in [0.15, 0.2) is 0 Å². The molecule has 1 N–H and O–H groups in total. The van der Waals surface area contributed by atoms with Gasteiger partial charge in [-0.2, -0.15) is 13.2 Å². The number of benzene rings is 1. The molecule has 0 bridgehead atoms. The lowest BCUT2D eigenvalue weighted by molar-refractivity contribution is -0.141. The van der Waals surface area contributed by atoms with Crippen LogP contribution in [0.1, 0.15) is 23.9 Å². The van der Waals surface area contributed by atoms with Crippen LogP contribution in [0.2, 0.25) is 5.02 Å². The molecule has 0 saturated carbocycles. The third-order valence-electron chi connectivity index (χ3n) is 3.70. The topological polar surface area (TPSA) is 42.1 Å². The summed E-state index contributed by atoms with van der Waals surface area (Å²) in [5, 5.41) is -0.184. The van der Waals surface area contributed by atoms with Gasteiger partial charge >= 0.3 is 12.1 Å². The Kier molecular flexibility index (Phi) is 7.05. The number of hydrogen-bond acceptors (Lipinski definition) is 2. The fourth-order valence-corrected chi connectivity index (χ4v) is 3.31. The zero-order valence-electron chi connectivity index (χ0n) is 13.9. The second-order valence-corrected chi connectivity index (χ2v) is 6.73. The average molecular weight is 447 g/mol. The molecular formula is C17H14Cl3F4NO2. The molecule has 27 heavy (non-hydrogen) atoms. The summed E-state index contributed by atoms with van der Waals surface area (Å²) in [7, 11) is 0. The highest BCUT2D eigenvalue weighted by atomic mass is 35.5. The summed E-state index contributed by atoms with van der Waals surface area (Å²) in [6, 6.07) is 1.97. The van der Waals surface area contributed by atoms with E-state index >= 15 is 0 Å². The van der Waals surface area contributed by atoms with Gasteiger partial charge in [-0.1, -0.05) is 11.6 Å². The molecule has 0 saturated heterocycles. The Hall–Kier alpha value is -1.44. The lowest BCUT2D eigenvalue weighted by Gasteiger charge is -2.12. The van der Waals surface area contributed by atoms with E-state index in [4.69, 9.17) is 39.5 Å². The van der Waals surface area contributed by atoms with Gasteiger partial charge in [0, 0.05) is 41.9 Å². The second kappa shape index (κ2) is 8.71. The molecule has 0 aliphatic heterocycles. The lowest BCUT2D eigenvalue weighted by Crippen LogP contribution is -2.09. The molecule has 2 rings (SSSR count). The Labute approximate surface area is 167 Å². The predicted molar refractivity (Wildman–Crippen MR) is 96.4 cm³/mol. The van der Waals surface area contributed by atoms with Crippen molar-refractivity contribution < 1.29 is 27.1 Å². The summed E-state index contributed by atoms with van der Waals surface area (Å²) in [6.45, 7) is 1.12. The minimum absolute atomic E-state index is 0.00815. The van der Waals surface area contributed by atoms with Gasteiger partial charge in [0.05, 0.1) is 5.02 Å². The number of H-pyrrole nitrogens is 1. The largest absolute Gasteiger partial charge is 0.431 e. The first-order chi connectivity index (χ1) is 12.6. The quantitative estimate of drug-likeness (QED) is 0.257. The van der Waals surface area contributed by atoms with Crippen LogP contribution in [0.5, 0.6) is 5.75 Å². The van der Waals surface area contributed by atoms with Gasteiger partial charge in [-0.25, -0.2) is 4.39 Å². The van der Waals surface area contributed by atoms with E-state index in [1.165, 1.54) is 0 Å². The first-order valence-corrected chi connectivity index (χ1v) is 9.15. The molecule has 0 radical (unpaired) electrons. The SMILES string of the molecule is CC(=O)Oc1cc(-c2c(CCCl)[nH]c(C(F)(F)F)c2CCCl)c(F)cc1Cl. The molecule has 0 unspecified atom stereocenters. The third-order valence-corrected chi connectivity index (χ3v) is 4.37. The van der Waals surface area contributed by atoms with E-state index in [1.807, 2.05) is 0 Å². The van der Waals surface area contributed by atoms with E-state index < -0.39 is 23.7 Å². The molecule has 1 heterocycles. The van der Waals surface area contributed by atoms with Crippen LogP contribution in [0.4, 0.5) is 17.6 Å². The molecule has 148 valence electrons. The number of aromatic amines is 1. The van der Waals surface area contributed by atoms with Crippen LogP contribution in [0, 0.1) is 5.82 Å². The highest BCUT2D eigenvalue weighted by Crippen LogP contribution is 2.42. The van der Waals surface area contributed by atoms with Crippen molar-refractivity contribution in [2.24, 2.45) is 0 Å². The Morgan fingerprint density at radius 3 is 2.33 bits per heavy atom. The van der Waals surface area contributed by atoms with E-state index in [0.717, 1.165) is 19.1 Å². The number of carbonyl (C=O) groups excluding carboxylic acids is 1. The van der Waals surface area contributed by atoms with Crippen LogP contribution in [-0.4, -0.2) is 22.7 Å². The number of nitrogens with one attached hydrogen (secondary N) is 1. The number of ether oxygens (including phenoxy) is 1. The van der Waals surface area contributed by atoms with E-state index in [2.05, 4.69) is 4.98 Å². The molecule has 0 aliphatic carbocycles. The van der Waals surface area contributed by atoms with Crippen molar-refractivity contribution in [2.75, 3.05) is 11.8 Å². The van der Waals surface area contributed by atoms with Crippen molar-refractivity contribution in [3.05, 3.63) is 39.9 Å². The highest BCUT2D eigenvalue weighted by Gasteiger charge is 2.38.